The standard InChI is InChI=1S/C20H23FN2O4S/c1-3-23(4-2)28(25,26)14-9-10-17(21)16(13-14)20(24)22-18-11-12-27-19-8-6-5-7-15(18)19/h5-10,13,18H,3-4,11-12H2,1-2H3,(H,22,24). The van der Waals surface area contributed by atoms with Crippen LogP contribution in [0.2, 0.25) is 0 Å². The Morgan fingerprint density at radius 3 is 2.64 bits per heavy atom. The first-order chi connectivity index (χ1) is 13.4. The van der Waals surface area contributed by atoms with E-state index in [-0.39, 0.29) is 29.6 Å². The monoisotopic (exact) mass is 406 g/mol. The van der Waals surface area contributed by atoms with Gasteiger partial charge in [0.2, 0.25) is 10.0 Å². The molecule has 6 nitrogen and oxygen atoms in total. The van der Waals surface area contributed by atoms with Crippen LogP contribution in [0.5, 0.6) is 5.75 Å². The van der Waals surface area contributed by atoms with Crippen molar-refractivity contribution in [3.05, 3.63) is 59.4 Å². The number of para-hydroxylation sites is 1. The van der Waals surface area contributed by atoms with Gasteiger partial charge >= 0.3 is 0 Å². The van der Waals surface area contributed by atoms with Gasteiger partial charge in [0.15, 0.2) is 0 Å². The maximum atomic E-state index is 14.3. The van der Waals surface area contributed by atoms with Crippen LogP contribution in [0.15, 0.2) is 47.4 Å². The van der Waals surface area contributed by atoms with Crippen LogP contribution in [0.4, 0.5) is 4.39 Å². The number of nitrogens with one attached hydrogen (secondary N) is 1. The van der Waals surface area contributed by atoms with Gasteiger partial charge in [-0.1, -0.05) is 32.0 Å². The molecule has 1 atom stereocenters. The van der Waals surface area contributed by atoms with Crippen molar-refractivity contribution in [2.75, 3.05) is 19.7 Å². The molecule has 0 aromatic heterocycles. The van der Waals surface area contributed by atoms with Crippen LogP contribution in [-0.2, 0) is 10.0 Å². The van der Waals surface area contributed by atoms with Crippen LogP contribution in [0, 0.1) is 5.82 Å². The molecule has 0 saturated heterocycles. The lowest BCUT2D eigenvalue weighted by molar-refractivity contribution is 0.0920. The molecule has 3 rings (SSSR count). The molecule has 28 heavy (non-hydrogen) atoms. The molecule has 8 heteroatoms. The molecule has 0 saturated carbocycles. The molecule has 1 amide bonds. The molecule has 0 bridgehead atoms. The van der Waals surface area contributed by atoms with Crippen molar-refractivity contribution in [1.29, 1.82) is 0 Å². The first kappa shape index (κ1) is 20.3. The van der Waals surface area contributed by atoms with Gasteiger partial charge in [-0.2, -0.15) is 4.31 Å². The second-order valence-corrected chi connectivity index (χ2v) is 8.37. The number of hydrogen-bond donors (Lipinski definition) is 1. The lowest BCUT2D eigenvalue weighted by atomic mass is 10.00. The van der Waals surface area contributed by atoms with Gasteiger partial charge in [0.05, 0.1) is 23.1 Å². The smallest absolute Gasteiger partial charge is 0.254 e. The molecule has 0 aliphatic carbocycles. The van der Waals surface area contributed by atoms with Gasteiger partial charge in [-0.05, 0) is 24.3 Å². The van der Waals surface area contributed by atoms with E-state index in [2.05, 4.69) is 5.32 Å². The molecule has 0 radical (unpaired) electrons. The predicted molar refractivity (Wildman–Crippen MR) is 103 cm³/mol. The minimum atomic E-state index is -3.79. The highest BCUT2D eigenvalue weighted by Crippen LogP contribution is 2.32. The maximum Gasteiger partial charge on any atom is 0.254 e. The second-order valence-electron chi connectivity index (χ2n) is 6.43. The molecule has 0 fully saturated rings. The minimum Gasteiger partial charge on any atom is -0.493 e. The Morgan fingerprint density at radius 1 is 1.21 bits per heavy atom. The Morgan fingerprint density at radius 2 is 1.93 bits per heavy atom. The molecule has 150 valence electrons. The summed E-state index contributed by atoms with van der Waals surface area (Å²) < 4.78 is 46.5. The fraction of sp³-hybridized carbons (Fsp3) is 0.350. The number of halogens is 1. The zero-order valence-electron chi connectivity index (χ0n) is 15.8. The van der Waals surface area contributed by atoms with Crippen LogP contribution < -0.4 is 10.1 Å². The Kier molecular flexibility index (Phi) is 6.00. The fourth-order valence-electron chi connectivity index (χ4n) is 3.28. The fourth-order valence-corrected chi connectivity index (χ4v) is 4.76. The maximum absolute atomic E-state index is 14.3. The SMILES string of the molecule is CCN(CC)S(=O)(=O)c1ccc(F)c(C(=O)NC2CCOc3ccccc32)c1. The third-order valence-corrected chi connectivity index (χ3v) is 6.84. The first-order valence-electron chi connectivity index (χ1n) is 9.20. The largest absolute Gasteiger partial charge is 0.493 e. The first-order valence-corrected chi connectivity index (χ1v) is 10.6. The number of rotatable bonds is 6. The van der Waals surface area contributed by atoms with Crippen LogP contribution in [0.3, 0.4) is 0 Å². The van der Waals surface area contributed by atoms with Gasteiger partial charge in [-0.15, -0.1) is 0 Å². The van der Waals surface area contributed by atoms with Crippen molar-refractivity contribution < 1.29 is 22.3 Å². The number of nitrogens with zero attached hydrogens (tertiary/aromatic N) is 1. The lowest BCUT2D eigenvalue weighted by Gasteiger charge is -2.26. The van der Waals surface area contributed by atoms with Gasteiger partial charge in [-0.25, -0.2) is 12.8 Å². The van der Waals surface area contributed by atoms with Gasteiger partial charge in [0, 0.05) is 25.1 Å². The van der Waals surface area contributed by atoms with Gasteiger partial charge in [0.25, 0.3) is 5.91 Å². The summed E-state index contributed by atoms with van der Waals surface area (Å²) >= 11 is 0. The Bertz CT molecular complexity index is 974. The summed E-state index contributed by atoms with van der Waals surface area (Å²) in [6, 6.07) is 10.3. The van der Waals surface area contributed by atoms with Crippen molar-refractivity contribution in [1.82, 2.24) is 9.62 Å². The van der Waals surface area contributed by atoms with E-state index in [4.69, 9.17) is 4.74 Å². The highest BCUT2D eigenvalue weighted by atomic mass is 32.2. The van der Waals surface area contributed by atoms with Crippen molar-refractivity contribution in [2.45, 2.75) is 31.2 Å². The van der Waals surface area contributed by atoms with Crippen LogP contribution in [-0.4, -0.2) is 38.3 Å². The molecule has 2 aromatic carbocycles. The Balaban J connectivity index is 1.89. The number of carbonyl (C=O) groups excluding carboxylic acids is 1. The molecule has 2 aromatic rings. The zero-order valence-corrected chi connectivity index (χ0v) is 16.6. The topological polar surface area (TPSA) is 75.7 Å². The van der Waals surface area contributed by atoms with E-state index in [9.17, 15) is 17.6 Å². The quantitative estimate of drug-likeness (QED) is 0.800. The van der Waals surface area contributed by atoms with Gasteiger partial charge in [0.1, 0.15) is 11.6 Å². The minimum absolute atomic E-state index is 0.102. The summed E-state index contributed by atoms with van der Waals surface area (Å²) in [6.45, 7) is 4.45. The lowest BCUT2D eigenvalue weighted by Crippen LogP contribution is -2.33. The van der Waals surface area contributed by atoms with E-state index in [1.54, 1.807) is 13.8 Å². The number of benzene rings is 2. The van der Waals surface area contributed by atoms with Crippen molar-refractivity contribution >= 4 is 15.9 Å². The Hall–Kier alpha value is -2.45. The molecule has 0 spiro atoms. The summed E-state index contributed by atoms with van der Waals surface area (Å²) in [5.74, 6) is -0.746. The number of fused-ring (bicyclic) bond motifs is 1. The molecule has 1 heterocycles. The highest BCUT2D eigenvalue weighted by Gasteiger charge is 2.27. The summed E-state index contributed by atoms with van der Waals surface area (Å²) in [5, 5.41) is 2.80. The molecule has 1 aliphatic heterocycles. The van der Waals surface area contributed by atoms with E-state index in [0.717, 1.165) is 17.7 Å². The average molecular weight is 406 g/mol. The summed E-state index contributed by atoms with van der Waals surface area (Å²) in [4.78, 5) is 12.6. The van der Waals surface area contributed by atoms with Crippen LogP contribution in [0.25, 0.3) is 0 Å². The van der Waals surface area contributed by atoms with E-state index in [0.29, 0.717) is 18.8 Å². The summed E-state index contributed by atoms with van der Waals surface area (Å²) in [7, 11) is -3.79. The second kappa shape index (κ2) is 8.28. The third kappa shape index (κ3) is 3.88. The summed E-state index contributed by atoms with van der Waals surface area (Å²) in [5.41, 5.74) is 0.520. The molecule has 1 N–H and O–H groups in total. The third-order valence-electron chi connectivity index (χ3n) is 4.79. The van der Waals surface area contributed by atoms with E-state index < -0.39 is 21.7 Å². The van der Waals surface area contributed by atoms with Crippen molar-refractivity contribution in [3.63, 3.8) is 0 Å². The molecular weight excluding hydrogens is 383 g/mol. The van der Waals surface area contributed by atoms with Crippen molar-refractivity contribution in [2.24, 2.45) is 0 Å². The van der Waals surface area contributed by atoms with E-state index in [1.165, 1.54) is 10.4 Å². The van der Waals surface area contributed by atoms with Crippen LogP contribution >= 0.6 is 0 Å². The van der Waals surface area contributed by atoms with Gasteiger partial charge in [-0.3, -0.25) is 4.79 Å². The predicted octanol–water partition coefficient (Wildman–Crippen LogP) is 3.11. The number of ether oxygens (including phenoxy) is 1. The van der Waals surface area contributed by atoms with Crippen molar-refractivity contribution in [3.8, 4) is 5.75 Å². The number of hydrogen-bond acceptors (Lipinski definition) is 4. The molecule has 1 unspecified atom stereocenters. The zero-order chi connectivity index (χ0) is 20.3. The van der Waals surface area contributed by atoms with E-state index in [1.807, 2.05) is 24.3 Å². The average Bonchev–Trinajstić information content (AvgIpc) is 2.69. The highest BCUT2D eigenvalue weighted by molar-refractivity contribution is 7.89. The summed E-state index contributed by atoms with van der Waals surface area (Å²) in [6.07, 6.45) is 0.543. The normalized spacial score (nSPS) is 16.4. The number of carbonyl (C=O) groups is 1. The number of amides is 1. The molecular formula is C20H23FN2O4S. The van der Waals surface area contributed by atoms with Gasteiger partial charge < -0.3 is 10.1 Å². The van der Waals surface area contributed by atoms with E-state index >= 15 is 0 Å². The van der Waals surface area contributed by atoms with Crippen LogP contribution in [0.1, 0.15) is 42.2 Å². The Labute approximate surface area is 164 Å². The number of sulfonamides is 1. The molecule has 1 aliphatic rings.